The fourth-order valence-corrected chi connectivity index (χ4v) is 2.78. The second-order valence-corrected chi connectivity index (χ2v) is 7.01. The molecule has 6 nitrogen and oxygen atoms in total. The molecule has 1 heterocycles. The zero-order valence-electron chi connectivity index (χ0n) is 16.3. The summed E-state index contributed by atoms with van der Waals surface area (Å²) in [6.07, 6.45) is 1.44. The van der Waals surface area contributed by atoms with Crippen molar-refractivity contribution in [2.75, 3.05) is 11.9 Å². The lowest BCUT2D eigenvalue weighted by atomic mass is 9.92. The molecule has 0 atom stereocenters. The number of carbonyl (C=O) groups is 2. The first-order valence-corrected chi connectivity index (χ1v) is 8.80. The van der Waals surface area contributed by atoms with Crippen LogP contribution >= 0.6 is 0 Å². The third-order valence-corrected chi connectivity index (χ3v) is 4.43. The minimum absolute atomic E-state index is 0.268. The van der Waals surface area contributed by atoms with E-state index in [-0.39, 0.29) is 24.3 Å². The SMILES string of the molecule is Cc1c(C(=O)OCC(=O)Nc2c(C(C)C)cccc2C(C)C)cnn1C. The van der Waals surface area contributed by atoms with Crippen molar-refractivity contribution < 1.29 is 14.3 Å². The molecule has 0 aliphatic heterocycles. The Morgan fingerprint density at radius 2 is 1.73 bits per heavy atom. The molecule has 1 amide bonds. The van der Waals surface area contributed by atoms with E-state index in [0.29, 0.717) is 11.3 Å². The van der Waals surface area contributed by atoms with Crippen molar-refractivity contribution in [2.24, 2.45) is 7.05 Å². The molecule has 6 heteroatoms. The fourth-order valence-electron chi connectivity index (χ4n) is 2.78. The quantitative estimate of drug-likeness (QED) is 0.799. The highest BCUT2D eigenvalue weighted by molar-refractivity contribution is 5.96. The molecule has 1 aromatic carbocycles. The number of carbonyl (C=O) groups excluding carboxylic acids is 2. The van der Waals surface area contributed by atoms with E-state index < -0.39 is 5.97 Å². The first-order valence-electron chi connectivity index (χ1n) is 8.80. The van der Waals surface area contributed by atoms with Gasteiger partial charge in [-0.15, -0.1) is 0 Å². The van der Waals surface area contributed by atoms with Crippen LogP contribution in [0, 0.1) is 6.92 Å². The second-order valence-electron chi connectivity index (χ2n) is 7.01. The van der Waals surface area contributed by atoms with E-state index in [4.69, 9.17) is 4.74 Å². The minimum atomic E-state index is -0.549. The number of hydrogen-bond donors (Lipinski definition) is 1. The summed E-state index contributed by atoms with van der Waals surface area (Å²) in [4.78, 5) is 24.5. The van der Waals surface area contributed by atoms with E-state index in [1.54, 1.807) is 18.7 Å². The van der Waals surface area contributed by atoms with E-state index in [1.165, 1.54) is 6.20 Å². The Morgan fingerprint density at radius 1 is 1.15 bits per heavy atom. The molecule has 0 aliphatic carbocycles. The molecule has 0 spiro atoms. The molecule has 26 heavy (non-hydrogen) atoms. The lowest BCUT2D eigenvalue weighted by Gasteiger charge is -2.20. The van der Waals surface area contributed by atoms with Gasteiger partial charge in [-0.1, -0.05) is 45.9 Å². The molecule has 1 aromatic heterocycles. The van der Waals surface area contributed by atoms with Crippen LogP contribution in [0.2, 0.25) is 0 Å². The summed E-state index contributed by atoms with van der Waals surface area (Å²) in [7, 11) is 1.75. The van der Waals surface area contributed by atoms with Crippen LogP contribution in [0.15, 0.2) is 24.4 Å². The Kier molecular flexibility index (Phi) is 6.18. The van der Waals surface area contributed by atoms with Crippen LogP contribution in [-0.2, 0) is 16.6 Å². The lowest BCUT2D eigenvalue weighted by Crippen LogP contribution is -2.23. The predicted molar refractivity (Wildman–Crippen MR) is 101 cm³/mol. The molecule has 0 saturated heterocycles. The van der Waals surface area contributed by atoms with E-state index in [9.17, 15) is 9.59 Å². The minimum Gasteiger partial charge on any atom is -0.452 e. The van der Waals surface area contributed by atoms with Gasteiger partial charge in [0, 0.05) is 18.4 Å². The number of benzene rings is 1. The number of esters is 1. The van der Waals surface area contributed by atoms with Crippen LogP contribution in [0.25, 0.3) is 0 Å². The van der Waals surface area contributed by atoms with Crippen LogP contribution in [0.4, 0.5) is 5.69 Å². The van der Waals surface area contributed by atoms with Crippen molar-refractivity contribution in [1.82, 2.24) is 9.78 Å². The standard InChI is InChI=1S/C20H27N3O3/c1-12(2)15-8-7-9-16(13(3)4)19(15)22-18(24)11-26-20(25)17-10-21-23(6)14(17)5/h7-10,12-13H,11H2,1-6H3,(H,22,24). The number of rotatable bonds is 6. The summed E-state index contributed by atoms with van der Waals surface area (Å²) in [5, 5.41) is 6.94. The largest absolute Gasteiger partial charge is 0.452 e. The highest BCUT2D eigenvalue weighted by Crippen LogP contribution is 2.32. The van der Waals surface area contributed by atoms with Gasteiger partial charge in [0.25, 0.3) is 5.91 Å². The maximum Gasteiger partial charge on any atom is 0.342 e. The van der Waals surface area contributed by atoms with Crippen LogP contribution in [0.3, 0.4) is 0 Å². The number of nitrogens with one attached hydrogen (secondary N) is 1. The number of ether oxygens (including phenoxy) is 1. The van der Waals surface area contributed by atoms with Crippen LogP contribution in [0.1, 0.15) is 66.7 Å². The third-order valence-electron chi connectivity index (χ3n) is 4.43. The molecule has 1 N–H and O–H groups in total. The van der Waals surface area contributed by atoms with Crippen molar-refractivity contribution in [3.8, 4) is 0 Å². The molecular weight excluding hydrogens is 330 g/mol. The van der Waals surface area contributed by atoms with Gasteiger partial charge in [-0.2, -0.15) is 5.10 Å². The molecule has 2 rings (SSSR count). The number of amides is 1. The summed E-state index contributed by atoms with van der Waals surface area (Å²) in [6, 6.07) is 6.03. The third kappa shape index (κ3) is 4.31. The van der Waals surface area contributed by atoms with Crippen molar-refractivity contribution in [3.05, 3.63) is 46.8 Å². The van der Waals surface area contributed by atoms with E-state index in [0.717, 1.165) is 16.8 Å². The Hall–Kier alpha value is -2.63. The molecule has 0 bridgehead atoms. The van der Waals surface area contributed by atoms with Crippen LogP contribution in [-0.4, -0.2) is 28.3 Å². The fraction of sp³-hybridized carbons (Fsp3) is 0.450. The van der Waals surface area contributed by atoms with Crippen molar-refractivity contribution in [3.63, 3.8) is 0 Å². The number of aromatic nitrogens is 2. The van der Waals surface area contributed by atoms with Gasteiger partial charge in [0.1, 0.15) is 5.56 Å². The normalized spacial score (nSPS) is 11.1. The van der Waals surface area contributed by atoms with E-state index in [2.05, 4.69) is 38.1 Å². The van der Waals surface area contributed by atoms with Gasteiger partial charge in [-0.05, 0) is 29.9 Å². The van der Waals surface area contributed by atoms with E-state index >= 15 is 0 Å². The number of nitrogens with zero attached hydrogens (tertiary/aromatic N) is 2. The van der Waals surface area contributed by atoms with Gasteiger partial charge in [-0.3, -0.25) is 9.48 Å². The summed E-state index contributed by atoms with van der Waals surface area (Å²) >= 11 is 0. The van der Waals surface area contributed by atoms with Gasteiger partial charge in [0.2, 0.25) is 0 Å². The number of aryl methyl sites for hydroxylation is 1. The zero-order valence-corrected chi connectivity index (χ0v) is 16.3. The summed E-state index contributed by atoms with van der Waals surface area (Å²) in [5.41, 5.74) is 4.02. The highest BCUT2D eigenvalue weighted by atomic mass is 16.5. The molecule has 0 aliphatic rings. The molecule has 0 radical (unpaired) electrons. The Morgan fingerprint density at radius 3 is 2.19 bits per heavy atom. The Balaban J connectivity index is 2.10. The van der Waals surface area contributed by atoms with Gasteiger partial charge in [-0.25, -0.2) is 4.79 Å². The first kappa shape index (κ1) is 19.7. The maximum absolute atomic E-state index is 12.4. The first-order chi connectivity index (χ1) is 12.2. The van der Waals surface area contributed by atoms with Gasteiger partial charge >= 0.3 is 5.97 Å². The maximum atomic E-state index is 12.4. The Labute approximate surface area is 154 Å². The second kappa shape index (κ2) is 8.17. The van der Waals surface area contributed by atoms with Crippen molar-refractivity contribution in [2.45, 2.75) is 46.5 Å². The molecule has 0 fully saturated rings. The van der Waals surface area contributed by atoms with Crippen LogP contribution in [0.5, 0.6) is 0 Å². The smallest absolute Gasteiger partial charge is 0.342 e. The van der Waals surface area contributed by atoms with Crippen molar-refractivity contribution >= 4 is 17.6 Å². The van der Waals surface area contributed by atoms with Crippen molar-refractivity contribution in [1.29, 1.82) is 0 Å². The lowest BCUT2D eigenvalue weighted by molar-refractivity contribution is -0.119. The van der Waals surface area contributed by atoms with Crippen LogP contribution < -0.4 is 5.32 Å². The Bertz CT molecular complexity index is 780. The van der Waals surface area contributed by atoms with E-state index in [1.807, 2.05) is 18.2 Å². The monoisotopic (exact) mass is 357 g/mol. The van der Waals surface area contributed by atoms with Gasteiger partial charge in [0.05, 0.1) is 6.20 Å². The average Bonchev–Trinajstić information content (AvgIpc) is 2.91. The summed E-state index contributed by atoms with van der Waals surface area (Å²) in [6.45, 7) is 9.77. The molecule has 2 aromatic rings. The number of hydrogen-bond acceptors (Lipinski definition) is 4. The molecule has 0 saturated carbocycles. The predicted octanol–water partition coefficient (Wildman–Crippen LogP) is 3.77. The topological polar surface area (TPSA) is 73.2 Å². The molecule has 140 valence electrons. The zero-order chi connectivity index (χ0) is 19.4. The average molecular weight is 357 g/mol. The number of anilines is 1. The van der Waals surface area contributed by atoms with Gasteiger partial charge < -0.3 is 10.1 Å². The molecule has 0 unspecified atom stereocenters. The number of para-hydroxylation sites is 1. The highest BCUT2D eigenvalue weighted by Gasteiger charge is 2.18. The summed E-state index contributed by atoms with van der Waals surface area (Å²) in [5.74, 6) is -0.365. The summed E-state index contributed by atoms with van der Waals surface area (Å²) < 4.78 is 6.74. The van der Waals surface area contributed by atoms with Gasteiger partial charge in [0.15, 0.2) is 6.61 Å². The molecular formula is C20H27N3O3.